The quantitative estimate of drug-likeness (QED) is 0.0269. The summed E-state index contributed by atoms with van der Waals surface area (Å²) in [5, 5.41) is 0. The predicted molar refractivity (Wildman–Crippen MR) is 252 cm³/mol. The normalized spacial score (nSPS) is 14.0. The maximum Gasteiger partial charge on any atom is 0.472 e. The van der Waals surface area contributed by atoms with Crippen molar-refractivity contribution in [3.8, 4) is 0 Å². The Balaban J connectivity index is 4.07. The fraction of sp³-hybridized carbons (Fsp3) is 0.740. The van der Waals surface area contributed by atoms with Gasteiger partial charge in [-0.2, -0.15) is 0 Å². The van der Waals surface area contributed by atoms with Crippen LogP contribution >= 0.6 is 7.82 Å². The molecule has 0 aliphatic carbocycles. The smallest absolute Gasteiger partial charge is 0.457 e. The highest BCUT2D eigenvalue weighted by Gasteiger charge is 2.25. The first-order valence-corrected chi connectivity index (χ1v) is 25.4. The van der Waals surface area contributed by atoms with E-state index < -0.39 is 13.9 Å². The molecule has 0 aromatic heterocycles. The van der Waals surface area contributed by atoms with E-state index in [0.717, 1.165) is 64.2 Å². The third-order valence-corrected chi connectivity index (χ3v) is 10.9. The van der Waals surface area contributed by atoms with Crippen LogP contribution in [0.2, 0.25) is 0 Å². The average Bonchev–Trinajstić information content (AvgIpc) is 3.23. The number of nitrogens with two attached hydrogens (primary N) is 1. The molecule has 0 aliphatic rings. The Morgan fingerprint density at radius 1 is 0.525 bits per heavy atom. The maximum atomic E-state index is 12.6. The van der Waals surface area contributed by atoms with E-state index in [4.69, 9.17) is 24.3 Å². The molecule has 8 nitrogen and oxygen atoms in total. The van der Waals surface area contributed by atoms with Gasteiger partial charge in [-0.25, -0.2) is 4.57 Å². The van der Waals surface area contributed by atoms with Crippen LogP contribution in [0.3, 0.4) is 0 Å². The number of esters is 1. The first-order chi connectivity index (χ1) is 28.9. The van der Waals surface area contributed by atoms with Gasteiger partial charge in [0.2, 0.25) is 0 Å². The van der Waals surface area contributed by atoms with Gasteiger partial charge in [-0.05, 0) is 64.2 Å². The molecule has 2 atom stereocenters. The van der Waals surface area contributed by atoms with E-state index in [1.165, 1.54) is 109 Å². The number of ether oxygens (including phenoxy) is 2. The summed E-state index contributed by atoms with van der Waals surface area (Å²) in [4.78, 5) is 22.5. The number of phosphoric acid groups is 1. The highest BCUT2D eigenvalue weighted by molar-refractivity contribution is 7.47. The van der Waals surface area contributed by atoms with Crippen molar-refractivity contribution in [2.24, 2.45) is 5.73 Å². The van der Waals surface area contributed by atoms with Crippen molar-refractivity contribution >= 4 is 13.8 Å². The van der Waals surface area contributed by atoms with Crippen LogP contribution in [0.15, 0.2) is 72.9 Å². The Labute approximate surface area is 363 Å². The van der Waals surface area contributed by atoms with Gasteiger partial charge in [-0.1, -0.05) is 202 Å². The molecule has 0 amide bonds. The van der Waals surface area contributed by atoms with Gasteiger partial charge in [-0.15, -0.1) is 0 Å². The second kappa shape index (κ2) is 47.0. The van der Waals surface area contributed by atoms with Crippen molar-refractivity contribution in [3.05, 3.63) is 72.9 Å². The minimum absolute atomic E-state index is 0.0907. The summed E-state index contributed by atoms with van der Waals surface area (Å²) in [7, 11) is -4.30. The van der Waals surface area contributed by atoms with Crippen molar-refractivity contribution in [1.29, 1.82) is 0 Å². The average molecular weight is 848 g/mol. The molecule has 3 N–H and O–H groups in total. The van der Waals surface area contributed by atoms with Gasteiger partial charge in [0.15, 0.2) is 0 Å². The molecule has 0 aliphatic heterocycles. The minimum Gasteiger partial charge on any atom is -0.457 e. The van der Waals surface area contributed by atoms with Crippen LogP contribution in [-0.4, -0.2) is 49.9 Å². The highest BCUT2D eigenvalue weighted by atomic mass is 31.2. The number of unbranched alkanes of at least 4 members (excludes halogenated alkanes) is 20. The van der Waals surface area contributed by atoms with Gasteiger partial charge < -0.3 is 20.1 Å². The van der Waals surface area contributed by atoms with E-state index in [9.17, 15) is 14.3 Å². The minimum atomic E-state index is -4.30. The lowest BCUT2D eigenvalue weighted by Gasteiger charge is -2.20. The monoisotopic (exact) mass is 848 g/mol. The number of carbonyl (C=O) groups is 1. The van der Waals surface area contributed by atoms with Gasteiger partial charge in [0.05, 0.1) is 19.8 Å². The summed E-state index contributed by atoms with van der Waals surface area (Å²) < 4.78 is 33.5. The Hall–Kier alpha value is -2.06. The lowest BCUT2D eigenvalue weighted by atomic mass is 10.0. The Bertz CT molecular complexity index is 1130. The first kappa shape index (κ1) is 56.9. The molecular formula is C50H90NO7P. The molecule has 2 unspecified atom stereocenters. The fourth-order valence-corrected chi connectivity index (χ4v) is 7.18. The summed E-state index contributed by atoms with van der Waals surface area (Å²) in [5.41, 5.74) is 5.38. The topological polar surface area (TPSA) is 117 Å². The molecule has 0 heterocycles. The molecule has 9 heteroatoms. The van der Waals surface area contributed by atoms with Crippen LogP contribution in [0, 0.1) is 0 Å². The Morgan fingerprint density at radius 2 is 0.949 bits per heavy atom. The zero-order valence-corrected chi connectivity index (χ0v) is 38.9. The maximum absolute atomic E-state index is 12.6. The van der Waals surface area contributed by atoms with Crippen molar-refractivity contribution in [2.45, 2.75) is 206 Å². The zero-order valence-electron chi connectivity index (χ0n) is 38.0. The number of phosphoric ester groups is 1. The van der Waals surface area contributed by atoms with Crippen LogP contribution in [0.5, 0.6) is 0 Å². The molecule has 0 radical (unpaired) electrons. The fourth-order valence-electron chi connectivity index (χ4n) is 6.41. The second-order valence-corrected chi connectivity index (χ2v) is 17.1. The van der Waals surface area contributed by atoms with Gasteiger partial charge in [0, 0.05) is 19.6 Å². The molecule has 0 aromatic carbocycles. The SMILES string of the molecule is CC/C=C\C/C=C\C/C=C\C/C=C\C/C=C\C/C=C\CCCCC(=O)OC(COCCCCCCCCCCCCCCCCCCCCC)COP(=O)(O)OCCN. The van der Waals surface area contributed by atoms with Crippen molar-refractivity contribution in [3.63, 3.8) is 0 Å². The molecule has 0 saturated carbocycles. The second-order valence-electron chi connectivity index (χ2n) is 15.6. The molecule has 0 rings (SSSR count). The molecule has 0 fully saturated rings. The van der Waals surface area contributed by atoms with Gasteiger partial charge in [-0.3, -0.25) is 13.8 Å². The van der Waals surface area contributed by atoms with Crippen molar-refractivity contribution in [2.75, 3.05) is 33.0 Å². The standard InChI is InChI=1S/C50H90NO7P/c1-3-5-7-9-11-13-15-17-19-21-23-24-25-27-29-31-33-35-37-39-41-43-50(52)58-49(48-57-59(53,54)56-46-44-51)47-55-45-42-40-38-36-34-32-30-28-26-22-20-18-16-14-12-10-8-6-4-2/h5,7,11,13,17,19,23-24,27,29,33,35,49H,3-4,6,8-10,12,14-16,18,20-22,25-26,28,30-32,34,36-48,51H2,1-2H3,(H,53,54)/b7-5-,13-11-,19-17-,24-23-,29-27-,35-33-. The largest absolute Gasteiger partial charge is 0.472 e. The number of carbonyl (C=O) groups excluding carboxylic acids is 1. The van der Waals surface area contributed by atoms with Crippen LogP contribution < -0.4 is 5.73 Å². The Kier molecular flexibility index (Phi) is 45.4. The molecular weight excluding hydrogens is 758 g/mol. The number of hydrogen-bond donors (Lipinski definition) is 2. The molecule has 0 aromatic rings. The summed E-state index contributed by atoms with van der Waals surface area (Å²) in [5.74, 6) is -0.371. The van der Waals surface area contributed by atoms with Crippen LogP contribution in [0.4, 0.5) is 0 Å². The Morgan fingerprint density at radius 3 is 1.39 bits per heavy atom. The zero-order chi connectivity index (χ0) is 43.0. The third kappa shape index (κ3) is 46.9. The van der Waals surface area contributed by atoms with Crippen molar-refractivity contribution in [1.82, 2.24) is 0 Å². The summed E-state index contributed by atoms with van der Waals surface area (Å²) in [6.07, 6.45) is 59.3. The van der Waals surface area contributed by atoms with E-state index in [2.05, 4.69) is 86.8 Å². The first-order valence-electron chi connectivity index (χ1n) is 23.9. The van der Waals surface area contributed by atoms with Crippen LogP contribution in [0.25, 0.3) is 0 Å². The van der Waals surface area contributed by atoms with Gasteiger partial charge in [0.1, 0.15) is 6.10 Å². The molecule has 0 saturated heterocycles. The van der Waals surface area contributed by atoms with E-state index in [0.29, 0.717) is 13.0 Å². The summed E-state index contributed by atoms with van der Waals surface area (Å²) in [6.45, 7) is 4.76. The van der Waals surface area contributed by atoms with Crippen LogP contribution in [0.1, 0.15) is 200 Å². The third-order valence-electron chi connectivity index (χ3n) is 9.89. The molecule has 0 spiro atoms. The van der Waals surface area contributed by atoms with E-state index in [1.54, 1.807) is 0 Å². The lowest BCUT2D eigenvalue weighted by Crippen LogP contribution is -2.28. The van der Waals surface area contributed by atoms with E-state index in [1.807, 2.05) is 0 Å². The number of rotatable bonds is 45. The van der Waals surface area contributed by atoms with E-state index in [-0.39, 0.29) is 38.8 Å². The predicted octanol–water partition coefficient (Wildman–Crippen LogP) is 14.7. The van der Waals surface area contributed by atoms with Gasteiger partial charge >= 0.3 is 13.8 Å². The van der Waals surface area contributed by atoms with Gasteiger partial charge in [0.25, 0.3) is 0 Å². The number of allylic oxidation sites excluding steroid dienone is 12. The lowest BCUT2D eigenvalue weighted by molar-refractivity contribution is -0.154. The van der Waals surface area contributed by atoms with Crippen LogP contribution in [-0.2, 0) is 27.9 Å². The van der Waals surface area contributed by atoms with E-state index >= 15 is 0 Å². The molecule has 59 heavy (non-hydrogen) atoms. The number of hydrogen-bond acceptors (Lipinski definition) is 7. The molecule has 0 bridgehead atoms. The highest BCUT2D eigenvalue weighted by Crippen LogP contribution is 2.43. The van der Waals surface area contributed by atoms with Crippen molar-refractivity contribution < 1.29 is 32.8 Å². The summed E-state index contributed by atoms with van der Waals surface area (Å²) in [6, 6.07) is 0. The summed E-state index contributed by atoms with van der Waals surface area (Å²) >= 11 is 0. The molecule has 342 valence electrons.